The number of carbonyl (C=O) groups is 2. The van der Waals surface area contributed by atoms with Crippen LogP contribution in [0.5, 0.6) is 5.75 Å². The normalized spacial score (nSPS) is 12.1. The molecular formula is C31H38ClN3O5S. The van der Waals surface area contributed by atoms with Crippen LogP contribution in [-0.4, -0.2) is 51.4 Å². The van der Waals surface area contributed by atoms with Gasteiger partial charge in [0.2, 0.25) is 11.8 Å². The minimum Gasteiger partial charge on any atom is -0.497 e. The molecule has 8 nitrogen and oxygen atoms in total. The molecule has 1 N–H and O–H groups in total. The van der Waals surface area contributed by atoms with E-state index in [4.69, 9.17) is 16.3 Å². The molecule has 10 heteroatoms. The highest BCUT2D eigenvalue weighted by Gasteiger charge is 2.32. The van der Waals surface area contributed by atoms with Gasteiger partial charge in [-0.25, -0.2) is 8.42 Å². The van der Waals surface area contributed by atoms with Crippen molar-refractivity contribution in [2.75, 3.05) is 24.5 Å². The molecule has 0 aliphatic carbocycles. The molecule has 3 aromatic rings. The van der Waals surface area contributed by atoms with Gasteiger partial charge in [-0.05, 0) is 91.9 Å². The molecule has 0 unspecified atom stereocenters. The number of amides is 2. The molecule has 220 valence electrons. The Labute approximate surface area is 248 Å². The first-order chi connectivity index (χ1) is 19.3. The van der Waals surface area contributed by atoms with E-state index in [1.807, 2.05) is 45.9 Å². The van der Waals surface area contributed by atoms with E-state index in [0.29, 0.717) is 23.0 Å². The fourth-order valence-electron chi connectivity index (χ4n) is 4.11. The summed E-state index contributed by atoms with van der Waals surface area (Å²) in [5.74, 6) is 0.0358. The van der Waals surface area contributed by atoms with Gasteiger partial charge >= 0.3 is 0 Å². The van der Waals surface area contributed by atoms with E-state index in [2.05, 4.69) is 5.32 Å². The Bertz CT molecular complexity index is 1460. The molecule has 3 aromatic carbocycles. The molecule has 0 aliphatic rings. The van der Waals surface area contributed by atoms with Gasteiger partial charge in [0, 0.05) is 18.1 Å². The van der Waals surface area contributed by atoms with Crippen molar-refractivity contribution in [1.29, 1.82) is 0 Å². The third-order valence-corrected chi connectivity index (χ3v) is 8.86. The summed E-state index contributed by atoms with van der Waals surface area (Å²) in [5, 5.41) is 3.28. The summed E-state index contributed by atoms with van der Waals surface area (Å²) in [7, 11) is -2.60. The van der Waals surface area contributed by atoms with Crippen LogP contribution in [0.3, 0.4) is 0 Å². The summed E-state index contributed by atoms with van der Waals surface area (Å²) in [6.45, 7) is 9.45. The second kappa shape index (κ2) is 13.9. The highest BCUT2D eigenvalue weighted by molar-refractivity contribution is 7.92. The number of ether oxygens (including phenoxy) is 1. The third kappa shape index (κ3) is 8.24. The maximum absolute atomic E-state index is 14.0. The maximum Gasteiger partial charge on any atom is 0.264 e. The van der Waals surface area contributed by atoms with Crippen molar-refractivity contribution in [1.82, 2.24) is 10.2 Å². The van der Waals surface area contributed by atoms with Crippen LogP contribution in [0.25, 0.3) is 0 Å². The Morgan fingerprint density at radius 2 is 1.56 bits per heavy atom. The van der Waals surface area contributed by atoms with E-state index in [-0.39, 0.29) is 23.3 Å². The van der Waals surface area contributed by atoms with E-state index >= 15 is 0 Å². The number of rotatable bonds is 12. The van der Waals surface area contributed by atoms with Gasteiger partial charge in [0.15, 0.2) is 0 Å². The Kier molecular flexibility index (Phi) is 10.8. The smallest absolute Gasteiger partial charge is 0.264 e. The molecule has 0 aromatic heterocycles. The number of aryl methyl sites for hydroxylation is 2. The molecule has 3 rings (SSSR count). The molecule has 0 bridgehead atoms. The summed E-state index contributed by atoms with van der Waals surface area (Å²) < 4.78 is 34.2. The number of benzene rings is 3. The lowest BCUT2D eigenvalue weighted by atomic mass is 10.1. The second-order valence-corrected chi connectivity index (χ2v) is 12.7. The molecule has 1 atom stereocenters. The van der Waals surface area contributed by atoms with Crippen molar-refractivity contribution in [2.24, 2.45) is 5.92 Å². The van der Waals surface area contributed by atoms with E-state index < -0.39 is 28.5 Å². The van der Waals surface area contributed by atoms with E-state index in [1.54, 1.807) is 38.3 Å². The minimum absolute atomic E-state index is 0.00245. The molecule has 0 saturated heterocycles. The van der Waals surface area contributed by atoms with Crippen molar-refractivity contribution < 1.29 is 22.7 Å². The zero-order valence-corrected chi connectivity index (χ0v) is 25.9. The summed E-state index contributed by atoms with van der Waals surface area (Å²) in [5.41, 5.74) is 2.97. The molecule has 0 fully saturated rings. The van der Waals surface area contributed by atoms with Crippen LogP contribution in [0.2, 0.25) is 5.02 Å². The number of nitrogens with one attached hydrogen (secondary N) is 1. The first-order valence-corrected chi connectivity index (χ1v) is 15.2. The van der Waals surface area contributed by atoms with Gasteiger partial charge in [-0.2, -0.15) is 0 Å². The lowest BCUT2D eigenvalue weighted by Crippen LogP contribution is -2.51. The molecule has 0 saturated carbocycles. The van der Waals surface area contributed by atoms with Gasteiger partial charge in [-0.15, -0.1) is 0 Å². The first kappa shape index (κ1) is 32.0. The number of hydrogen-bond acceptors (Lipinski definition) is 5. The average molecular weight is 600 g/mol. The van der Waals surface area contributed by atoms with Crippen molar-refractivity contribution in [3.63, 3.8) is 0 Å². The molecule has 0 radical (unpaired) electrons. The molecule has 41 heavy (non-hydrogen) atoms. The van der Waals surface area contributed by atoms with Crippen LogP contribution in [0.4, 0.5) is 5.69 Å². The van der Waals surface area contributed by atoms with Crippen molar-refractivity contribution in [2.45, 2.75) is 52.1 Å². The van der Waals surface area contributed by atoms with Gasteiger partial charge in [0.05, 0.1) is 17.7 Å². The summed E-state index contributed by atoms with van der Waals surface area (Å²) in [6.07, 6.45) is 0. The molecule has 0 aliphatic heterocycles. The standard InChI is InChI=1S/C31H38ClN3O5S/c1-21(2)18-33-31(37)24(5)34(19-25-8-13-28(40-6)14-9-25)30(36)20-35(27-12-7-22(3)23(4)17-27)41(38,39)29-15-10-26(32)11-16-29/h7-17,21,24H,18-20H2,1-6H3,(H,33,37)/t24-/m0/s1. The van der Waals surface area contributed by atoms with Crippen LogP contribution >= 0.6 is 11.6 Å². The van der Waals surface area contributed by atoms with Crippen molar-refractivity contribution >= 4 is 39.1 Å². The average Bonchev–Trinajstić information content (AvgIpc) is 2.94. The predicted molar refractivity (Wildman–Crippen MR) is 163 cm³/mol. The van der Waals surface area contributed by atoms with Gasteiger partial charge < -0.3 is 15.0 Å². The lowest BCUT2D eigenvalue weighted by Gasteiger charge is -2.32. The number of sulfonamides is 1. The Balaban J connectivity index is 2.03. The topological polar surface area (TPSA) is 96.0 Å². The monoisotopic (exact) mass is 599 g/mol. The van der Waals surface area contributed by atoms with Crippen LogP contribution in [0.1, 0.15) is 37.5 Å². The van der Waals surface area contributed by atoms with Gasteiger partial charge in [0.1, 0.15) is 18.3 Å². The second-order valence-electron chi connectivity index (χ2n) is 10.4. The largest absolute Gasteiger partial charge is 0.497 e. The zero-order valence-electron chi connectivity index (χ0n) is 24.3. The maximum atomic E-state index is 14.0. The highest BCUT2D eigenvalue weighted by atomic mass is 35.5. The van der Waals surface area contributed by atoms with E-state index in [9.17, 15) is 18.0 Å². The van der Waals surface area contributed by atoms with Crippen molar-refractivity contribution in [3.8, 4) is 5.75 Å². The Morgan fingerprint density at radius 3 is 2.12 bits per heavy atom. The number of nitrogens with zero attached hydrogens (tertiary/aromatic N) is 2. The molecule has 0 spiro atoms. The fourth-order valence-corrected chi connectivity index (χ4v) is 5.64. The summed E-state index contributed by atoms with van der Waals surface area (Å²) >= 11 is 6.01. The fraction of sp³-hybridized carbons (Fsp3) is 0.355. The number of carbonyl (C=O) groups excluding carboxylic acids is 2. The van der Waals surface area contributed by atoms with E-state index in [0.717, 1.165) is 21.0 Å². The Morgan fingerprint density at radius 1 is 0.927 bits per heavy atom. The van der Waals surface area contributed by atoms with Gasteiger partial charge in [-0.1, -0.05) is 43.6 Å². The third-order valence-electron chi connectivity index (χ3n) is 6.82. The minimum atomic E-state index is -4.17. The van der Waals surface area contributed by atoms with Crippen LogP contribution < -0.4 is 14.4 Å². The van der Waals surface area contributed by atoms with Crippen LogP contribution in [0, 0.1) is 19.8 Å². The van der Waals surface area contributed by atoms with E-state index in [1.165, 1.54) is 29.2 Å². The lowest BCUT2D eigenvalue weighted by molar-refractivity contribution is -0.139. The predicted octanol–water partition coefficient (Wildman–Crippen LogP) is 5.35. The van der Waals surface area contributed by atoms with Crippen molar-refractivity contribution in [3.05, 3.63) is 88.4 Å². The number of hydrogen-bond donors (Lipinski definition) is 1. The highest BCUT2D eigenvalue weighted by Crippen LogP contribution is 2.27. The molecular weight excluding hydrogens is 562 g/mol. The summed E-state index contributed by atoms with van der Waals surface area (Å²) in [6, 6.07) is 17.3. The molecule has 2 amide bonds. The number of anilines is 1. The number of halogens is 1. The molecule has 0 heterocycles. The Hall–Kier alpha value is -3.56. The van der Waals surface area contributed by atoms with Crippen LogP contribution in [0.15, 0.2) is 71.6 Å². The first-order valence-electron chi connectivity index (χ1n) is 13.4. The quantitative estimate of drug-likeness (QED) is 0.303. The summed E-state index contributed by atoms with van der Waals surface area (Å²) in [4.78, 5) is 28.5. The van der Waals surface area contributed by atoms with Crippen LogP contribution in [-0.2, 0) is 26.2 Å². The zero-order chi connectivity index (χ0) is 30.3. The SMILES string of the molecule is COc1ccc(CN(C(=O)CN(c2ccc(C)c(C)c2)S(=O)(=O)c2ccc(Cl)cc2)[C@@H](C)C(=O)NCC(C)C)cc1. The number of methoxy groups -OCH3 is 1. The van der Waals surface area contributed by atoms with Gasteiger partial charge in [0.25, 0.3) is 10.0 Å². The van der Waals surface area contributed by atoms with Gasteiger partial charge in [-0.3, -0.25) is 13.9 Å².